The minimum Gasteiger partial charge on any atom is -0.270 e. The molecule has 1 aromatic carbocycles. The van der Waals surface area contributed by atoms with Crippen LogP contribution in [0.1, 0.15) is 23.8 Å². The molecule has 1 atom stereocenters. The third kappa shape index (κ3) is 3.01. The van der Waals surface area contributed by atoms with Crippen LogP contribution in [0.25, 0.3) is 0 Å². The molecule has 1 aliphatic heterocycles. The van der Waals surface area contributed by atoms with Crippen LogP contribution in [-0.2, 0) is 11.3 Å². The summed E-state index contributed by atoms with van der Waals surface area (Å²) in [6.45, 7) is 0. The van der Waals surface area contributed by atoms with E-state index in [-0.39, 0.29) is 6.10 Å². The molecule has 0 amide bonds. The van der Waals surface area contributed by atoms with E-state index in [2.05, 4.69) is 40.8 Å². The van der Waals surface area contributed by atoms with Gasteiger partial charge in [0.25, 0.3) is 0 Å². The molecule has 0 bridgehead atoms. The molecule has 1 N–H and O–H groups in total. The lowest BCUT2D eigenvalue weighted by Gasteiger charge is -2.06. The van der Waals surface area contributed by atoms with Gasteiger partial charge in [0.05, 0.1) is 5.69 Å². The number of aromatic nitrogens is 1. The van der Waals surface area contributed by atoms with Gasteiger partial charge >= 0.3 is 0 Å². The summed E-state index contributed by atoms with van der Waals surface area (Å²) in [5.74, 6) is 0. The maximum atomic E-state index is 5.53. The normalized spacial score (nSPS) is 17.9. The van der Waals surface area contributed by atoms with Gasteiger partial charge in [-0.1, -0.05) is 36.4 Å². The van der Waals surface area contributed by atoms with Gasteiger partial charge < -0.3 is 0 Å². The highest BCUT2D eigenvalue weighted by molar-refractivity contribution is 5.20. The number of hydrogen-bond donors (Lipinski definition) is 1. The molecule has 96 valence electrons. The standard InChI is InChI=1S/C16H16N2O/c1-2-6-13(7-3-1)9-10-14-12-16(19-18-14)15-8-4-5-11-17-15/h1-8,11-12,16,18H,9-10H2. The molecule has 2 heterocycles. The van der Waals surface area contributed by atoms with Crippen molar-refractivity contribution < 1.29 is 4.84 Å². The van der Waals surface area contributed by atoms with Crippen LogP contribution in [0.3, 0.4) is 0 Å². The van der Waals surface area contributed by atoms with Gasteiger partial charge in [0.15, 0.2) is 0 Å². The number of hydroxylamine groups is 1. The van der Waals surface area contributed by atoms with E-state index < -0.39 is 0 Å². The first-order valence-electron chi connectivity index (χ1n) is 6.49. The fourth-order valence-corrected chi connectivity index (χ4v) is 2.14. The lowest BCUT2D eigenvalue weighted by molar-refractivity contribution is 0.0385. The Hall–Kier alpha value is -2.13. The van der Waals surface area contributed by atoms with E-state index in [4.69, 9.17) is 4.84 Å². The molecule has 0 spiro atoms. The van der Waals surface area contributed by atoms with Crippen LogP contribution in [-0.4, -0.2) is 4.98 Å². The summed E-state index contributed by atoms with van der Waals surface area (Å²) >= 11 is 0. The average Bonchev–Trinajstić information content (AvgIpc) is 2.96. The van der Waals surface area contributed by atoms with Crippen molar-refractivity contribution >= 4 is 0 Å². The molecule has 1 unspecified atom stereocenters. The van der Waals surface area contributed by atoms with Crippen LogP contribution >= 0.6 is 0 Å². The highest BCUT2D eigenvalue weighted by Gasteiger charge is 2.18. The number of aryl methyl sites for hydroxylation is 1. The van der Waals surface area contributed by atoms with Crippen molar-refractivity contribution in [3.63, 3.8) is 0 Å². The largest absolute Gasteiger partial charge is 0.270 e. The Morgan fingerprint density at radius 3 is 2.63 bits per heavy atom. The molecular weight excluding hydrogens is 236 g/mol. The molecule has 0 fully saturated rings. The maximum absolute atomic E-state index is 5.53. The van der Waals surface area contributed by atoms with E-state index in [0.29, 0.717) is 0 Å². The Kier molecular flexibility index (Phi) is 3.56. The number of hydrogen-bond acceptors (Lipinski definition) is 3. The highest BCUT2D eigenvalue weighted by Crippen LogP contribution is 2.23. The molecule has 0 saturated carbocycles. The molecule has 0 radical (unpaired) electrons. The summed E-state index contributed by atoms with van der Waals surface area (Å²) in [7, 11) is 0. The lowest BCUT2D eigenvalue weighted by atomic mass is 10.1. The average molecular weight is 252 g/mol. The first-order valence-corrected chi connectivity index (χ1v) is 6.49. The van der Waals surface area contributed by atoms with E-state index in [0.717, 1.165) is 24.2 Å². The summed E-state index contributed by atoms with van der Waals surface area (Å²) in [5, 5.41) is 0. The zero-order valence-corrected chi connectivity index (χ0v) is 10.6. The molecule has 3 heteroatoms. The van der Waals surface area contributed by atoms with Gasteiger partial charge in [-0.05, 0) is 36.6 Å². The third-order valence-electron chi connectivity index (χ3n) is 3.17. The van der Waals surface area contributed by atoms with Crippen molar-refractivity contribution in [1.82, 2.24) is 10.5 Å². The van der Waals surface area contributed by atoms with Crippen molar-refractivity contribution in [3.05, 3.63) is 77.8 Å². The highest BCUT2D eigenvalue weighted by atomic mass is 16.7. The molecule has 3 rings (SSSR count). The lowest BCUT2D eigenvalue weighted by Crippen LogP contribution is -2.09. The third-order valence-corrected chi connectivity index (χ3v) is 3.17. The van der Waals surface area contributed by atoms with Gasteiger partial charge in [0, 0.05) is 11.9 Å². The van der Waals surface area contributed by atoms with Crippen LogP contribution in [0.2, 0.25) is 0 Å². The molecule has 0 saturated heterocycles. The fourth-order valence-electron chi connectivity index (χ4n) is 2.14. The van der Waals surface area contributed by atoms with Crippen molar-refractivity contribution in [1.29, 1.82) is 0 Å². The van der Waals surface area contributed by atoms with Crippen molar-refractivity contribution in [2.45, 2.75) is 18.9 Å². The molecule has 1 aliphatic rings. The molecule has 19 heavy (non-hydrogen) atoms. The van der Waals surface area contributed by atoms with E-state index in [1.54, 1.807) is 6.20 Å². The smallest absolute Gasteiger partial charge is 0.147 e. The predicted octanol–water partition coefficient (Wildman–Crippen LogP) is 3.17. The number of allylic oxidation sites excluding steroid dienone is 1. The molecular formula is C16H16N2O. The summed E-state index contributed by atoms with van der Waals surface area (Å²) in [6.07, 6.45) is 5.78. The first-order chi connectivity index (χ1) is 9.42. The number of benzene rings is 1. The minimum absolute atomic E-state index is 0.0769. The summed E-state index contributed by atoms with van der Waals surface area (Å²) < 4.78 is 0. The van der Waals surface area contributed by atoms with Crippen LogP contribution in [0, 0.1) is 0 Å². The Morgan fingerprint density at radius 2 is 1.84 bits per heavy atom. The second-order valence-corrected chi connectivity index (χ2v) is 4.57. The molecule has 2 aromatic rings. The Bertz CT molecular complexity index is 551. The summed E-state index contributed by atoms with van der Waals surface area (Å²) in [5.41, 5.74) is 6.40. The Balaban J connectivity index is 1.61. The quantitative estimate of drug-likeness (QED) is 0.907. The van der Waals surface area contributed by atoms with Crippen LogP contribution in [0.4, 0.5) is 0 Å². The Morgan fingerprint density at radius 1 is 1.00 bits per heavy atom. The second-order valence-electron chi connectivity index (χ2n) is 4.57. The topological polar surface area (TPSA) is 34.1 Å². The van der Waals surface area contributed by atoms with E-state index >= 15 is 0 Å². The fraction of sp³-hybridized carbons (Fsp3) is 0.188. The van der Waals surface area contributed by atoms with Crippen LogP contribution < -0.4 is 5.48 Å². The van der Waals surface area contributed by atoms with Gasteiger partial charge in [-0.25, -0.2) is 0 Å². The van der Waals surface area contributed by atoms with E-state index in [1.807, 2.05) is 24.3 Å². The van der Waals surface area contributed by atoms with Crippen LogP contribution in [0.5, 0.6) is 0 Å². The monoisotopic (exact) mass is 252 g/mol. The number of nitrogens with one attached hydrogen (secondary N) is 1. The van der Waals surface area contributed by atoms with Gasteiger partial charge in [-0.15, -0.1) is 0 Å². The number of nitrogens with zero attached hydrogens (tertiary/aromatic N) is 1. The summed E-state index contributed by atoms with van der Waals surface area (Å²) in [4.78, 5) is 9.84. The predicted molar refractivity (Wildman–Crippen MR) is 74.0 cm³/mol. The molecule has 3 nitrogen and oxygen atoms in total. The second kappa shape index (κ2) is 5.67. The van der Waals surface area contributed by atoms with Crippen LogP contribution in [0.15, 0.2) is 66.5 Å². The Labute approximate surface area is 112 Å². The molecule has 0 aliphatic carbocycles. The SMILES string of the molecule is C1=C(CCc2ccccc2)NOC1c1ccccn1. The zero-order valence-electron chi connectivity index (χ0n) is 10.6. The van der Waals surface area contributed by atoms with Gasteiger partial charge in [-0.3, -0.25) is 15.3 Å². The van der Waals surface area contributed by atoms with Gasteiger partial charge in [0.1, 0.15) is 6.10 Å². The van der Waals surface area contributed by atoms with Crippen molar-refractivity contribution in [2.24, 2.45) is 0 Å². The number of pyridine rings is 1. The first kappa shape index (κ1) is 11.9. The van der Waals surface area contributed by atoms with Gasteiger partial charge in [-0.2, -0.15) is 0 Å². The minimum atomic E-state index is -0.0769. The van der Waals surface area contributed by atoms with Crippen molar-refractivity contribution in [3.8, 4) is 0 Å². The molecule has 1 aromatic heterocycles. The van der Waals surface area contributed by atoms with E-state index in [9.17, 15) is 0 Å². The maximum Gasteiger partial charge on any atom is 0.147 e. The zero-order chi connectivity index (χ0) is 12.9. The van der Waals surface area contributed by atoms with Gasteiger partial charge in [0.2, 0.25) is 0 Å². The number of rotatable bonds is 4. The summed E-state index contributed by atoms with van der Waals surface area (Å²) in [6, 6.07) is 16.3. The van der Waals surface area contributed by atoms with Crippen molar-refractivity contribution in [2.75, 3.05) is 0 Å². The van der Waals surface area contributed by atoms with E-state index in [1.165, 1.54) is 5.56 Å².